The highest BCUT2D eigenvalue weighted by Gasteiger charge is 2.27. The fourth-order valence-corrected chi connectivity index (χ4v) is 4.77. The average molecular weight is 444 g/mol. The van der Waals surface area contributed by atoms with E-state index in [-0.39, 0.29) is 25.9 Å². The Labute approximate surface area is 167 Å². The van der Waals surface area contributed by atoms with Gasteiger partial charge in [0, 0.05) is 0 Å². The first-order valence-corrected chi connectivity index (χ1v) is 10.9. The summed E-state index contributed by atoms with van der Waals surface area (Å²) in [7, 11) is -3.53. The van der Waals surface area contributed by atoms with Crippen molar-refractivity contribution in [2.24, 2.45) is 15.4 Å². The van der Waals surface area contributed by atoms with Gasteiger partial charge in [-0.05, 0) is 39.2 Å². The van der Waals surface area contributed by atoms with E-state index in [0.717, 1.165) is 11.3 Å². The molecule has 0 bridgehead atoms. The number of thiophene rings is 1. The summed E-state index contributed by atoms with van der Waals surface area (Å²) >= 11 is 12.6. The van der Waals surface area contributed by atoms with Crippen LogP contribution in [-0.4, -0.2) is 27.9 Å². The van der Waals surface area contributed by atoms with Crippen LogP contribution >= 0.6 is 34.5 Å². The number of carbonyl (C=O) groups excluding carboxylic acids is 2. The van der Waals surface area contributed by atoms with Crippen molar-refractivity contribution in [3.8, 4) is 0 Å². The Kier molecular flexibility index (Phi) is 7.91. The molecule has 2 atom stereocenters. The molecular weight excluding hydrogens is 421 g/mol. The molecule has 1 rings (SSSR count). The number of rotatable bonds is 5. The topological polar surface area (TPSA) is 111 Å². The number of ether oxygens (including phenoxy) is 1. The van der Waals surface area contributed by atoms with E-state index < -0.39 is 33.6 Å². The molecule has 11 heteroatoms. The van der Waals surface area contributed by atoms with Crippen molar-refractivity contribution in [2.75, 3.05) is 0 Å². The van der Waals surface area contributed by atoms with Gasteiger partial charge in [0.25, 0.3) is 5.91 Å². The van der Waals surface area contributed by atoms with Crippen LogP contribution in [0.5, 0.6) is 0 Å². The van der Waals surface area contributed by atoms with Gasteiger partial charge in [-0.3, -0.25) is 4.79 Å². The third-order valence-electron chi connectivity index (χ3n) is 2.83. The van der Waals surface area contributed by atoms with Crippen LogP contribution in [0.3, 0.4) is 0 Å². The van der Waals surface area contributed by atoms with E-state index >= 15 is 0 Å². The molecule has 0 spiro atoms. The maximum Gasteiger partial charge on any atom is 0.408 e. The van der Waals surface area contributed by atoms with Crippen LogP contribution in [0.2, 0.25) is 9.36 Å². The molecule has 148 valence electrons. The number of nitrogens with one attached hydrogen (secondary N) is 1. The lowest BCUT2D eigenvalue weighted by atomic mass is 10.0. The molecule has 0 radical (unpaired) electrons. The summed E-state index contributed by atoms with van der Waals surface area (Å²) in [5.74, 6) is -0.744. The zero-order valence-electron chi connectivity index (χ0n) is 15.2. The number of hydrogen-bond donors (Lipinski definition) is 2. The zero-order valence-corrected chi connectivity index (χ0v) is 18.3. The summed E-state index contributed by atoms with van der Waals surface area (Å²) in [5.41, 5.74) is -0.724. The van der Waals surface area contributed by atoms with Gasteiger partial charge in [-0.15, -0.1) is 15.7 Å². The van der Waals surface area contributed by atoms with Crippen molar-refractivity contribution in [3.63, 3.8) is 0 Å². The Bertz CT molecular complexity index is 774. The Morgan fingerprint density at radius 2 is 1.96 bits per heavy atom. The minimum atomic E-state index is -3.53. The van der Waals surface area contributed by atoms with E-state index in [4.69, 9.17) is 33.1 Å². The molecule has 1 unspecified atom stereocenters. The standard InChI is InChI=1S/C15H23Cl2N3O4S2/c1-8(2)6-10(19-14(22)24-15(3,4)5)13(21)20-26(18,23)11-7-9(16)12(17)25-11/h7-8,10H,6H2,1-5H3,(H,19,22)(H2,18,20,21,23)/t10-,26?/m0/s1. The lowest BCUT2D eigenvalue weighted by Crippen LogP contribution is -2.44. The molecule has 0 fully saturated rings. The summed E-state index contributed by atoms with van der Waals surface area (Å²) in [6, 6.07) is 0.298. The molecule has 1 aromatic heterocycles. The zero-order chi connectivity index (χ0) is 20.3. The largest absolute Gasteiger partial charge is 0.444 e. The SMILES string of the molecule is CC(C)C[C@H](NC(=O)OC(C)(C)C)C(=O)N=S(N)(=O)c1cc(Cl)c(Cl)s1. The number of carbonyl (C=O) groups is 2. The maximum atomic E-state index is 12.6. The predicted molar refractivity (Wildman–Crippen MR) is 105 cm³/mol. The average Bonchev–Trinajstić information content (AvgIpc) is 2.75. The van der Waals surface area contributed by atoms with Gasteiger partial charge in [0.1, 0.15) is 20.2 Å². The number of halogens is 2. The summed E-state index contributed by atoms with van der Waals surface area (Å²) < 4.78 is 21.7. The first-order chi connectivity index (χ1) is 11.7. The van der Waals surface area contributed by atoms with Crippen molar-refractivity contribution in [1.82, 2.24) is 5.32 Å². The lowest BCUT2D eigenvalue weighted by Gasteiger charge is -2.23. The van der Waals surface area contributed by atoms with Gasteiger partial charge in [0.15, 0.2) is 9.92 Å². The number of nitrogens with two attached hydrogens (primary N) is 1. The molecular formula is C15H23Cl2N3O4S2. The first kappa shape index (κ1) is 23.2. The van der Waals surface area contributed by atoms with Crippen molar-refractivity contribution in [2.45, 2.75) is 56.9 Å². The van der Waals surface area contributed by atoms with Gasteiger partial charge in [0.2, 0.25) is 0 Å². The van der Waals surface area contributed by atoms with Crippen molar-refractivity contribution < 1.29 is 18.5 Å². The van der Waals surface area contributed by atoms with E-state index in [1.165, 1.54) is 6.07 Å². The molecule has 2 amide bonds. The second-order valence-electron chi connectivity index (χ2n) is 7.01. The van der Waals surface area contributed by atoms with Crippen LogP contribution in [0.25, 0.3) is 0 Å². The molecule has 0 aromatic carbocycles. The number of alkyl carbamates (subject to hydrolysis) is 1. The highest BCUT2D eigenvalue weighted by atomic mass is 35.5. The fraction of sp³-hybridized carbons (Fsp3) is 0.600. The molecule has 7 nitrogen and oxygen atoms in total. The second kappa shape index (κ2) is 8.88. The molecule has 0 aliphatic rings. The fourth-order valence-electron chi connectivity index (χ4n) is 1.86. The van der Waals surface area contributed by atoms with E-state index in [0.29, 0.717) is 0 Å². The minimum absolute atomic E-state index is 0.0635. The van der Waals surface area contributed by atoms with Crippen LogP contribution < -0.4 is 10.5 Å². The van der Waals surface area contributed by atoms with Gasteiger partial charge in [-0.1, -0.05) is 37.0 Å². The normalized spacial score (nSPS) is 15.3. The van der Waals surface area contributed by atoms with Gasteiger partial charge in [0.05, 0.1) is 5.02 Å². The Morgan fingerprint density at radius 3 is 2.38 bits per heavy atom. The molecule has 3 N–H and O–H groups in total. The van der Waals surface area contributed by atoms with Crippen molar-refractivity contribution in [3.05, 3.63) is 15.4 Å². The smallest absolute Gasteiger partial charge is 0.408 e. The van der Waals surface area contributed by atoms with Crippen LogP contribution in [0.15, 0.2) is 14.6 Å². The Balaban J connectivity index is 3.08. The van der Waals surface area contributed by atoms with Gasteiger partial charge < -0.3 is 10.1 Å². The number of hydrogen-bond acceptors (Lipinski definition) is 5. The second-order valence-corrected chi connectivity index (χ2v) is 11.1. The molecule has 26 heavy (non-hydrogen) atoms. The molecule has 0 saturated carbocycles. The molecule has 1 aromatic rings. The monoisotopic (exact) mass is 443 g/mol. The maximum absolute atomic E-state index is 12.6. The van der Waals surface area contributed by atoms with Crippen LogP contribution in [0, 0.1) is 5.92 Å². The summed E-state index contributed by atoms with van der Waals surface area (Å²) in [4.78, 5) is 24.5. The van der Waals surface area contributed by atoms with Crippen LogP contribution in [0.4, 0.5) is 4.79 Å². The van der Waals surface area contributed by atoms with E-state index in [2.05, 4.69) is 9.68 Å². The predicted octanol–water partition coefficient (Wildman–Crippen LogP) is 4.22. The minimum Gasteiger partial charge on any atom is -0.444 e. The third-order valence-corrected chi connectivity index (χ3v) is 6.60. The van der Waals surface area contributed by atoms with Crippen molar-refractivity contribution in [1.29, 1.82) is 0 Å². The Hall–Kier alpha value is -0.870. The van der Waals surface area contributed by atoms with Crippen LogP contribution in [0.1, 0.15) is 41.0 Å². The first-order valence-electron chi connectivity index (χ1n) is 7.74. The number of nitrogens with zero attached hydrogens (tertiary/aromatic N) is 1. The lowest BCUT2D eigenvalue weighted by molar-refractivity contribution is -0.120. The van der Waals surface area contributed by atoms with Crippen molar-refractivity contribution >= 4 is 56.5 Å². The molecule has 0 saturated heterocycles. The van der Waals surface area contributed by atoms with Gasteiger partial charge in [-0.2, -0.15) is 0 Å². The van der Waals surface area contributed by atoms with E-state index in [9.17, 15) is 13.8 Å². The van der Waals surface area contributed by atoms with Crippen LogP contribution in [-0.2, 0) is 19.4 Å². The summed E-state index contributed by atoms with van der Waals surface area (Å²) in [6.07, 6.45) is -0.485. The number of amides is 2. The van der Waals surface area contributed by atoms with Gasteiger partial charge in [-0.25, -0.2) is 14.1 Å². The summed E-state index contributed by atoms with van der Waals surface area (Å²) in [6.45, 7) is 8.85. The highest BCUT2D eigenvalue weighted by molar-refractivity contribution is 7.93. The summed E-state index contributed by atoms with van der Waals surface area (Å²) in [5, 5.41) is 8.35. The molecule has 0 aliphatic carbocycles. The van der Waals surface area contributed by atoms with Gasteiger partial charge >= 0.3 is 6.09 Å². The van der Waals surface area contributed by atoms with E-state index in [1.807, 2.05) is 13.8 Å². The van der Waals surface area contributed by atoms with E-state index in [1.54, 1.807) is 20.8 Å². The molecule has 0 aliphatic heterocycles. The molecule has 1 heterocycles. The highest BCUT2D eigenvalue weighted by Crippen LogP contribution is 2.34. The Morgan fingerprint density at radius 1 is 1.38 bits per heavy atom. The quantitative estimate of drug-likeness (QED) is 0.708. The third kappa shape index (κ3) is 7.40.